The molecule has 0 radical (unpaired) electrons. The van der Waals surface area contributed by atoms with Gasteiger partial charge >= 0.3 is 0 Å². The highest BCUT2D eigenvalue weighted by Crippen LogP contribution is 2.34. The second-order valence-corrected chi connectivity index (χ2v) is 8.63. The Kier molecular flexibility index (Phi) is 7.20. The van der Waals surface area contributed by atoms with Crippen LogP contribution in [0.3, 0.4) is 0 Å². The summed E-state index contributed by atoms with van der Waals surface area (Å²) in [6, 6.07) is 12.8. The Morgan fingerprint density at radius 3 is 2.54 bits per heavy atom. The number of carbonyl (C=O) groups excluding carboxylic acids is 1. The molecule has 0 unspecified atom stereocenters. The first-order valence-corrected chi connectivity index (χ1v) is 10.8. The average molecular weight is 454 g/mol. The minimum Gasteiger partial charge on any atom is -0.384 e. The molecule has 0 aliphatic heterocycles. The number of nitrogens with zero attached hydrogens (tertiary/aromatic N) is 1. The van der Waals surface area contributed by atoms with Crippen LogP contribution in [0.4, 0.5) is 16.6 Å². The summed E-state index contributed by atoms with van der Waals surface area (Å²) in [7, 11) is 1.69. The largest absolute Gasteiger partial charge is 0.384 e. The number of methoxy groups -OCH3 is 1. The Morgan fingerprint density at radius 1 is 1.21 bits per heavy atom. The van der Waals surface area contributed by atoms with E-state index in [1.807, 2.05) is 24.3 Å². The van der Waals surface area contributed by atoms with Crippen molar-refractivity contribution in [2.75, 3.05) is 30.5 Å². The molecule has 3 aromatic rings. The lowest BCUT2D eigenvalue weighted by atomic mass is 10.1. The molecule has 1 heterocycles. The second kappa shape index (κ2) is 9.62. The number of halogens is 2. The molecule has 0 fully saturated rings. The van der Waals surface area contributed by atoms with E-state index in [0.29, 0.717) is 16.6 Å². The maximum atomic E-state index is 12.8. The fraction of sp³-hybridized carbons (Fsp3) is 0.158. The molecule has 2 aromatic carbocycles. The molecule has 0 aliphatic carbocycles. The molecule has 0 atom stereocenters. The van der Waals surface area contributed by atoms with Gasteiger partial charge in [0, 0.05) is 23.4 Å². The number of ketones is 1. The van der Waals surface area contributed by atoms with E-state index in [-0.39, 0.29) is 27.2 Å². The van der Waals surface area contributed by atoms with Crippen LogP contribution in [0.5, 0.6) is 0 Å². The van der Waals surface area contributed by atoms with E-state index in [9.17, 15) is 4.79 Å². The highest BCUT2D eigenvalue weighted by molar-refractivity contribution is 7.99. The van der Waals surface area contributed by atoms with Gasteiger partial charge in [0.15, 0.2) is 5.13 Å². The molecular formula is C19H17Cl2N3O2S2. The smallest absolute Gasteiger partial charge is 0.209 e. The van der Waals surface area contributed by atoms with Gasteiger partial charge in [-0.3, -0.25) is 4.79 Å². The summed E-state index contributed by atoms with van der Waals surface area (Å²) in [5.41, 5.74) is 7.04. The van der Waals surface area contributed by atoms with Crippen LogP contribution in [0.1, 0.15) is 15.2 Å². The molecule has 0 bridgehead atoms. The highest BCUT2D eigenvalue weighted by atomic mass is 35.5. The number of nitrogen functional groups attached to an aromatic ring is 1. The van der Waals surface area contributed by atoms with Gasteiger partial charge in [-0.05, 0) is 36.4 Å². The summed E-state index contributed by atoms with van der Waals surface area (Å²) >= 11 is 15.1. The zero-order chi connectivity index (χ0) is 20.1. The average Bonchev–Trinajstić information content (AvgIpc) is 3.03. The molecule has 146 valence electrons. The topological polar surface area (TPSA) is 77.2 Å². The number of hydrogen-bond donors (Lipinski definition) is 2. The van der Waals surface area contributed by atoms with Crippen LogP contribution in [-0.2, 0) is 4.74 Å². The van der Waals surface area contributed by atoms with Crippen molar-refractivity contribution in [2.45, 2.75) is 4.90 Å². The fourth-order valence-corrected chi connectivity index (χ4v) is 4.61. The number of thioether (sulfide) groups is 1. The van der Waals surface area contributed by atoms with Crippen molar-refractivity contribution in [3.05, 3.63) is 63.0 Å². The Labute approximate surface area is 181 Å². The van der Waals surface area contributed by atoms with E-state index >= 15 is 0 Å². The predicted octanol–water partition coefficient (Wildman–Crippen LogP) is 5.75. The van der Waals surface area contributed by atoms with Gasteiger partial charge in [-0.15, -0.1) is 11.8 Å². The summed E-state index contributed by atoms with van der Waals surface area (Å²) < 4.78 is 5.05. The second-order valence-electron chi connectivity index (χ2n) is 5.65. The summed E-state index contributed by atoms with van der Waals surface area (Å²) in [6.45, 7) is 0.704. The van der Waals surface area contributed by atoms with Crippen LogP contribution >= 0.6 is 46.3 Å². The zero-order valence-electron chi connectivity index (χ0n) is 14.9. The standard InChI is InChI=1S/C19H17Cl2N3O2S2/c1-26-9-10-27-12-7-5-11(6-8-12)23-19-24-18(22)17(28-19)16(25)15-13(20)3-2-4-14(15)21/h2-8H,9-10,22H2,1H3,(H,23,24). The SMILES string of the molecule is COCCSc1ccc(Nc2nc(N)c(C(=O)c3c(Cl)cccc3Cl)s2)cc1. The Morgan fingerprint density at radius 2 is 1.89 bits per heavy atom. The van der Waals surface area contributed by atoms with Crippen LogP contribution < -0.4 is 11.1 Å². The van der Waals surface area contributed by atoms with E-state index in [0.717, 1.165) is 27.7 Å². The predicted molar refractivity (Wildman–Crippen MR) is 119 cm³/mol. The Hall–Kier alpha value is -1.77. The van der Waals surface area contributed by atoms with Gasteiger partial charge in [0.2, 0.25) is 5.78 Å². The van der Waals surface area contributed by atoms with Crippen molar-refractivity contribution in [1.82, 2.24) is 4.98 Å². The lowest BCUT2D eigenvalue weighted by Crippen LogP contribution is -2.04. The first-order valence-electron chi connectivity index (χ1n) is 8.23. The maximum absolute atomic E-state index is 12.8. The number of thiazole rings is 1. The number of nitrogens with two attached hydrogens (primary N) is 1. The number of benzene rings is 2. The van der Waals surface area contributed by atoms with E-state index in [1.54, 1.807) is 37.1 Å². The highest BCUT2D eigenvalue weighted by Gasteiger charge is 2.22. The third kappa shape index (κ3) is 4.98. The van der Waals surface area contributed by atoms with Gasteiger partial charge < -0.3 is 15.8 Å². The van der Waals surface area contributed by atoms with Gasteiger partial charge in [-0.1, -0.05) is 40.6 Å². The van der Waals surface area contributed by atoms with Crippen LogP contribution in [0.15, 0.2) is 47.4 Å². The third-order valence-electron chi connectivity index (χ3n) is 3.71. The molecule has 9 heteroatoms. The quantitative estimate of drug-likeness (QED) is 0.257. The number of ether oxygens (including phenoxy) is 1. The number of hydrogen-bond acceptors (Lipinski definition) is 7. The fourth-order valence-electron chi connectivity index (χ4n) is 2.38. The van der Waals surface area contributed by atoms with Crippen molar-refractivity contribution in [3.8, 4) is 0 Å². The lowest BCUT2D eigenvalue weighted by Gasteiger charge is -2.05. The number of anilines is 3. The molecule has 5 nitrogen and oxygen atoms in total. The van der Waals surface area contributed by atoms with Crippen molar-refractivity contribution in [2.24, 2.45) is 0 Å². The van der Waals surface area contributed by atoms with Crippen LogP contribution in [0.2, 0.25) is 10.0 Å². The normalized spacial score (nSPS) is 10.8. The van der Waals surface area contributed by atoms with E-state index in [2.05, 4.69) is 10.3 Å². The summed E-state index contributed by atoms with van der Waals surface area (Å²) in [6.07, 6.45) is 0. The molecule has 0 amide bonds. The van der Waals surface area contributed by atoms with Crippen LogP contribution in [-0.4, -0.2) is 30.2 Å². The van der Waals surface area contributed by atoms with Crippen molar-refractivity contribution in [3.63, 3.8) is 0 Å². The maximum Gasteiger partial charge on any atom is 0.209 e. The first-order chi connectivity index (χ1) is 13.5. The molecule has 0 saturated carbocycles. The summed E-state index contributed by atoms with van der Waals surface area (Å²) in [5.74, 6) is 0.686. The van der Waals surface area contributed by atoms with Crippen LogP contribution in [0, 0.1) is 0 Å². The van der Waals surface area contributed by atoms with Gasteiger partial charge in [0.1, 0.15) is 10.7 Å². The minimum absolute atomic E-state index is 0.139. The number of carbonyl (C=O) groups is 1. The zero-order valence-corrected chi connectivity index (χ0v) is 18.0. The van der Waals surface area contributed by atoms with Gasteiger partial charge in [0.25, 0.3) is 0 Å². The Balaban J connectivity index is 1.74. The monoisotopic (exact) mass is 453 g/mol. The van der Waals surface area contributed by atoms with Crippen molar-refractivity contribution >= 4 is 68.7 Å². The van der Waals surface area contributed by atoms with Crippen LogP contribution in [0.25, 0.3) is 0 Å². The van der Waals surface area contributed by atoms with E-state index in [1.165, 1.54) is 0 Å². The van der Waals surface area contributed by atoms with E-state index in [4.69, 9.17) is 33.7 Å². The molecule has 3 N–H and O–H groups in total. The Bertz CT molecular complexity index is 958. The molecule has 28 heavy (non-hydrogen) atoms. The minimum atomic E-state index is -0.344. The molecule has 3 rings (SSSR count). The number of rotatable bonds is 8. The summed E-state index contributed by atoms with van der Waals surface area (Å²) in [4.78, 5) is 18.5. The van der Waals surface area contributed by atoms with Gasteiger partial charge in [0.05, 0.1) is 22.2 Å². The number of nitrogens with one attached hydrogen (secondary N) is 1. The van der Waals surface area contributed by atoms with Crippen molar-refractivity contribution < 1.29 is 9.53 Å². The van der Waals surface area contributed by atoms with Gasteiger partial charge in [-0.25, -0.2) is 4.98 Å². The molecule has 0 spiro atoms. The van der Waals surface area contributed by atoms with Crippen molar-refractivity contribution in [1.29, 1.82) is 0 Å². The number of aromatic nitrogens is 1. The molecule has 1 aromatic heterocycles. The summed E-state index contributed by atoms with van der Waals surface area (Å²) in [5, 5.41) is 4.25. The van der Waals surface area contributed by atoms with Gasteiger partial charge in [-0.2, -0.15) is 0 Å². The molecule has 0 aliphatic rings. The first kappa shape index (κ1) is 21.0. The molecular weight excluding hydrogens is 437 g/mol. The lowest BCUT2D eigenvalue weighted by molar-refractivity contribution is 0.104. The third-order valence-corrected chi connectivity index (χ3v) is 6.30. The molecule has 0 saturated heterocycles. The van der Waals surface area contributed by atoms with E-state index < -0.39 is 0 Å².